The van der Waals surface area contributed by atoms with Gasteiger partial charge < -0.3 is 10.5 Å². The van der Waals surface area contributed by atoms with Gasteiger partial charge >= 0.3 is 0 Å². The van der Waals surface area contributed by atoms with E-state index in [0.717, 1.165) is 25.5 Å². The Balaban J connectivity index is 2.25. The fourth-order valence-corrected chi connectivity index (χ4v) is 1.51. The normalized spacial score (nSPS) is 26.5. The minimum atomic E-state index is -0.244. The van der Waals surface area contributed by atoms with E-state index >= 15 is 0 Å². The Bertz CT molecular complexity index is 154. The van der Waals surface area contributed by atoms with Crippen LogP contribution < -0.4 is 5.73 Å². The molecule has 0 amide bonds. The van der Waals surface area contributed by atoms with E-state index in [1.165, 1.54) is 6.42 Å². The molecule has 0 heterocycles. The first-order valence-electron chi connectivity index (χ1n) is 4.19. The molecule has 62 valence electrons. The van der Waals surface area contributed by atoms with Gasteiger partial charge in [0.1, 0.15) is 6.29 Å². The third kappa shape index (κ3) is 2.85. The van der Waals surface area contributed by atoms with E-state index < -0.39 is 0 Å². The van der Waals surface area contributed by atoms with E-state index in [9.17, 15) is 4.79 Å². The van der Waals surface area contributed by atoms with Gasteiger partial charge in [0.2, 0.25) is 0 Å². The number of allylic oxidation sites excluding steroid dienone is 2. The maximum Gasteiger partial charge on any atom is 0.136 e. The van der Waals surface area contributed by atoms with Crippen molar-refractivity contribution < 1.29 is 4.79 Å². The molecule has 0 bridgehead atoms. The molecule has 0 radical (unpaired) electrons. The lowest BCUT2D eigenvalue weighted by molar-refractivity contribution is -0.109. The van der Waals surface area contributed by atoms with Gasteiger partial charge in [-0.25, -0.2) is 0 Å². The van der Waals surface area contributed by atoms with E-state index in [0.29, 0.717) is 5.92 Å². The fourth-order valence-electron chi connectivity index (χ4n) is 1.51. The molecule has 2 N–H and O–H groups in total. The van der Waals surface area contributed by atoms with E-state index in [4.69, 9.17) is 5.73 Å². The highest BCUT2D eigenvalue weighted by molar-refractivity contribution is 5.56. The fraction of sp³-hybridized carbons (Fsp3) is 0.667. The number of hydrogen-bond acceptors (Lipinski definition) is 2. The smallest absolute Gasteiger partial charge is 0.136 e. The molecule has 0 fully saturated rings. The van der Waals surface area contributed by atoms with Gasteiger partial charge in [-0.05, 0) is 31.6 Å². The zero-order valence-electron chi connectivity index (χ0n) is 6.70. The molecule has 0 aromatic rings. The monoisotopic (exact) mass is 153 g/mol. The summed E-state index contributed by atoms with van der Waals surface area (Å²) in [4.78, 5) is 10.2. The topological polar surface area (TPSA) is 43.1 Å². The predicted octanol–water partition coefficient (Wildman–Crippen LogP) is 1.26. The zero-order chi connectivity index (χ0) is 8.10. The molecule has 0 saturated carbocycles. The van der Waals surface area contributed by atoms with Gasteiger partial charge in [-0.2, -0.15) is 0 Å². The second-order valence-corrected chi connectivity index (χ2v) is 3.19. The van der Waals surface area contributed by atoms with Crippen LogP contribution in [-0.4, -0.2) is 12.3 Å². The van der Waals surface area contributed by atoms with Gasteiger partial charge in [0, 0.05) is 0 Å². The van der Waals surface area contributed by atoms with Crippen molar-refractivity contribution in [1.29, 1.82) is 0 Å². The lowest BCUT2D eigenvalue weighted by Gasteiger charge is -2.18. The van der Waals surface area contributed by atoms with E-state index in [-0.39, 0.29) is 6.04 Å². The summed E-state index contributed by atoms with van der Waals surface area (Å²) in [7, 11) is 0. The first kappa shape index (κ1) is 8.47. The predicted molar refractivity (Wildman–Crippen MR) is 45.1 cm³/mol. The summed E-state index contributed by atoms with van der Waals surface area (Å²) in [6.45, 7) is 0. The Morgan fingerprint density at radius 3 is 3.00 bits per heavy atom. The van der Waals surface area contributed by atoms with Crippen LogP contribution >= 0.6 is 0 Å². The summed E-state index contributed by atoms with van der Waals surface area (Å²) < 4.78 is 0. The summed E-state index contributed by atoms with van der Waals surface area (Å²) in [5.41, 5.74) is 5.51. The lowest BCUT2D eigenvalue weighted by atomic mass is 9.89. The average Bonchev–Trinajstić information content (AvgIpc) is 2.06. The van der Waals surface area contributed by atoms with Gasteiger partial charge in [0.05, 0.1) is 6.04 Å². The van der Waals surface area contributed by atoms with Crippen molar-refractivity contribution in [1.82, 2.24) is 0 Å². The van der Waals surface area contributed by atoms with E-state index in [2.05, 4.69) is 12.2 Å². The van der Waals surface area contributed by atoms with Crippen molar-refractivity contribution in [2.45, 2.75) is 31.7 Å². The van der Waals surface area contributed by atoms with E-state index in [1.54, 1.807) is 0 Å². The van der Waals surface area contributed by atoms with Crippen LogP contribution in [0.25, 0.3) is 0 Å². The second kappa shape index (κ2) is 4.29. The Morgan fingerprint density at radius 1 is 1.64 bits per heavy atom. The van der Waals surface area contributed by atoms with Crippen LogP contribution in [0.5, 0.6) is 0 Å². The maximum atomic E-state index is 10.2. The number of nitrogens with two attached hydrogens (primary N) is 1. The highest BCUT2D eigenvalue weighted by atomic mass is 16.1. The number of aldehydes is 1. The van der Waals surface area contributed by atoms with Crippen LogP contribution in [0.1, 0.15) is 25.7 Å². The molecular weight excluding hydrogens is 138 g/mol. The minimum absolute atomic E-state index is 0.244. The van der Waals surface area contributed by atoms with Gasteiger partial charge in [-0.15, -0.1) is 0 Å². The Morgan fingerprint density at radius 2 is 2.45 bits per heavy atom. The number of carbonyl (C=O) groups is 1. The number of carbonyl (C=O) groups excluding carboxylic acids is 1. The van der Waals surface area contributed by atoms with Gasteiger partial charge in [0.15, 0.2) is 0 Å². The van der Waals surface area contributed by atoms with Gasteiger partial charge in [-0.1, -0.05) is 12.2 Å². The van der Waals surface area contributed by atoms with Crippen LogP contribution in [0.3, 0.4) is 0 Å². The molecule has 2 nitrogen and oxygen atoms in total. The molecule has 0 aromatic carbocycles. The quantitative estimate of drug-likeness (QED) is 0.490. The van der Waals surface area contributed by atoms with Crippen molar-refractivity contribution in [3.63, 3.8) is 0 Å². The highest BCUT2D eigenvalue weighted by Gasteiger charge is 2.12. The van der Waals surface area contributed by atoms with Gasteiger partial charge in [-0.3, -0.25) is 0 Å². The van der Waals surface area contributed by atoms with Crippen LogP contribution in [-0.2, 0) is 4.79 Å². The van der Waals surface area contributed by atoms with Crippen LogP contribution in [0.4, 0.5) is 0 Å². The third-order valence-electron chi connectivity index (χ3n) is 2.16. The maximum absolute atomic E-state index is 10.2. The number of rotatable bonds is 3. The SMILES string of the molecule is NC(C=O)CC1CC=CCC1. The van der Waals surface area contributed by atoms with Crippen LogP contribution in [0, 0.1) is 5.92 Å². The third-order valence-corrected chi connectivity index (χ3v) is 2.16. The first-order chi connectivity index (χ1) is 5.33. The van der Waals surface area contributed by atoms with Crippen molar-refractivity contribution in [2.75, 3.05) is 0 Å². The molecule has 1 aliphatic carbocycles. The highest BCUT2D eigenvalue weighted by Crippen LogP contribution is 2.21. The summed E-state index contributed by atoms with van der Waals surface area (Å²) in [5.74, 6) is 0.639. The lowest BCUT2D eigenvalue weighted by Crippen LogP contribution is -2.25. The Labute approximate surface area is 67.5 Å². The molecule has 11 heavy (non-hydrogen) atoms. The number of hydrogen-bond donors (Lipinski definition) is 1. The van der Waals surface area contributed by atoms with Crippen molar-refractivity contribution in [3.8, 4) is 0 Å². The summed E-state index contributed by atoms with van der Waals surface area (Å²) in [6.07, 6.45) is 9.52. The molecule has 0 saturated heterocycles. The second-order valence-electron chi connectivity index (χ2n) is 3.19. The molecule has 2 heteroatoms. The molecule has 2 unspecified atom stereocenters. The summed E-state index contributed by atoms with van der Waals surface area (Å²) in [6, 6.07) is -0.244. The molecule has 1 rings (SSSR count). The minimum Gasteiger partial charge on any atom is -0.322 e. The average molecular weight is 153 g/mol. The molecule has 0 spiro atoms. The zero-order valence-corrected chi connectivity index (χ0v) is 6.70. The van der Waals surface area contributed by atoms with Crippen molar-refractivity contribution in [2.24, 2.45) is 11.7 Å². The Kier molecular flexibility index (Phi) is 3.30. The van der Waals surface area contributed by atoms with Crippen molar-refractivity contribution in [3.05, 3.63) is 12.2 Å². The first-order valence-corrected chi connectivity index (χ1v) is 4.19. The Hall–Kier alpha value is -0.630. The molecule has 1 aliphatic rings. The molecule has 2 atom stereocenters. The van der Waals surface area contributed by atoms with Gasteiger partial charge in [0.25, 0.3) is 0 Å². The standard InChI is InChI=1S/C9H15NO/c10-9(7-11)6-8-4-2-1-3-5-8/h1-2,7-9H,3-6,10H2. The molecule has 0 aromatic heterocycles. The summed E-state index contributed by atoms with van der Waals surface area (Å²) in [5, 5.41) is 0. The van der Waals surface area contributed by atoms with E-state index in [1.807, 2.05) is 0 Å². The van der Waals surface area contributed by atoms with Crippen molar-refractivity contribution >= 4 is 6.29 Å². The summed E-state index contributed by atoms with van der Waals surface area (Å²) >= 11 is 0. The molecule has 0 aliphatic heterocycles. The van der Waals surface area contributed by atoms with Crippen LogP contribution in [0.2, 0.25) is 0 Å². The molecular formula is C9H15NO. The largest absolute Gasteiger partial charge is 0.322 e. The van der Waals surface area contributed by atoms with Crippen LogP contribution in [0.15, 0.2) is 12.2 Å².